The number of carbonyl (C=O) groups is 1. The number of nitrogens with one attached hydrogen (secondary N) is 1. The van der Waals surface area contributed by atoms with Crippen molar-refractivity contribution in [2.24, 2.45) is 0 Å². The molecule has 0 bridgehead atoms. The van der Waals surface area contributed by atoms with E-state index in [9.17, 15) is 4.79 Å². The second-order valence-electron chi connectivity index (χ2n) is 4.22. The molecule has 1 N–H and O–H groups in total. The highest BCUT2D eigenvalue weighted by molar-refractivity contribution is 6.30. The van der Waals surface area contributed by atoms with E-state index < -0.39 is 0 Å². The molecule has 1 amide bonds. The molecule has 0 radical (unpaired) electrons. The van der Waals surface area contributed by atoms with Gasteiger partial charge in [0.2, 0.25) is 5.91 Å². The number of aromatic nitrogens is 3. The number of rotatable bonds is 5. The number of nitrogens with zero attached hydrogens (tertiary/aromatic N) is 3. The van der Waals surface area contributed by atoms with Gasteiger partial charge < -0.3 is 5.32 Å². The number of benzene rings is 1. The molecule has 5 nitrogen and oxygen atoms in total. The maximum absolute atomic E-state index is 11.9. The Balaban J connectivity index is 1.79. The molecule has 0 aliphatic carbocycles. The largest absolute Gasteiger partial charge is 0.354 e. The highest BCUT2D eigenvalue weighted by atomic mass is 35.5. The van der Waals surface area contributed by atoms with Crippen molar-refractivity contribution in [2.45, 2.75) is 19.4 Å². The van der Waals surface area contributed by atoms with Crippen LogP contribution in [0.2, 0.25) is 5.02 Å². The van der Waals surface area contributed by atoms with E-state index in [4.69, 9.17) is 11.6 Å². The molecule has 0 aliphatic rings. The third-order valence-electron chi connectivity index (χ3n) is 2.84. The number of halogens is 1. The van der Waals surface area contributed by atoms with Gasteiger partial charge in [0, 0.05) is 11.6 Å². The van der Waals surface area contributed by atoms with Gasteiger partial charge in [0.1, 0.15) is 18.7 Å². The molecule has 100 valence electrons. The van der Waals surface area contributed by atoms with Crippen molar-refractivity contribution in [2.75, 3.05) is 6.54 Å². The van der Waals surface area contributed by atoms with Gasteiger partial charge >= 0.3 is 0 Å². The Morgan fingerprint density at radius 2 is 2.16 bits per heavy atom. The predicted molar refractivity (Wildman–Crippen MR) is 72.9 cm³/mol. The molecule has 1 heterocycles. The fourth-order valence-corrected chi connectivity index (χ4v) is 1.79. The first-order valence-electron chi connectivity index (χ1n) is 6.03. The van der Waals surface area contributed by atoms with Crippen molar-refractivity contribution in [1.82, 2.24) is 20.1 Å². The zero-order chi connectivity index (χ0) is 13.7. The number of hydrogen-bond donors (Lipinski definition) is 1. The summed E-state index contributed by atoms with van der Waals surface area (Å²) in [7, 11) is 0. The van der Waals surface area contributed by atoms with Crippen LogP contribution in [0.1, 0.15) is 18.5 Å². The second-order valence-corrected chi connectivity index (χ2v) is 4.66. The molecular weight excluding hydrogens is 264 g/mol. The van der Waals surface area contributed by atoms with Crippen LogP contribution in [0.5, 0.6) is 0 Å². The minimum atomic E-state index is -0.354. The van der Waals surface area contributed by atoms with Crippen molar-refractivity contribution in [3.63, 3.8) is 0 Å². The Morgan fingerprint density at radius 1 is 1.42 bits per heavy atom. The van der Waals surface area contributed by atoms with E-state index in [0.29, 0.717) is 11.6 Å². The predicted octanol–water partition coefficient (Wildman–Crippen LogP) is 1.85. The van der Waals surface area contributed by atoms with Gasteiger partial charge in [-0.05, 0) is 31.0 Å². The summed E-state index contributed by atoms with van der Waals surface area (Å²) in [5.41, 5.74) is 1.14. The molecule has 19 heavy (non-hydrogen) atoms. The lowest BCUT2D eigenvalue weighted by molar-refractivity contribution is -0.124. The van der Waals surface area contributed by atoms with Crippen molar-refractivity contribution < 1.29 is 4.79 Å². The lowest BCUT2D eigenvalue weighted by Gasteiger charge is -2.11. The van der Waals surface area contributed by atoms with E-state index in [1.807, 2.05) is 24.3 Å². The number of amides is 1. The quantitative estimate of drug-likeness (QED) is 0.908. The lowest BCUT2D eigenvalue weighted by atomic mass is 10.1. The second kappa shape index (κ2) is 6.33. The molecular formula is C13H15ClN4O. The Kier molecular flexibility index (Phi) is 4.52. The zero-order valence-corrected chi connectivity index (χ0v) is 11.3. The van der Waals surface area contributed by atoms with E-state index in [-0.39, 0.29) is 11.9 Å². The first-order valence-corrected chi connectivity index (χ1v) is 6.41. The highest BCUT2D eigenvalue weighted by Gasteiger charge is 2.14. The minimum Gasteiger partial charge on any atom is -0.354 e. The molecule has 0 saturated heterocycles. The van der Waals surface area contributed by atoms with E-state index in [0.717, 1.165) is 12.0 Å². The average Bonchev–Trinajstić information content (AvgIpc) is 2.94. The van der Waals surface area contributed by atoms with E-state index in [2.05, 4.69) is 15.4 Å². The molecule has 2 aromatic rings. The lowest BCUT2D eigenvalue weighted by Crippen LogP contribution is -2.32. The standard InChI is InChI=1S/C13H15ClN4O/c1-10(18-9-15-8-17-18)13(19)16-7-6-11-2-4-12(14)5-3-11/h2-5,8-10H,6-7H2,1H3,(H,16,19)/t10-/m1/s1. The van der Waals surface area contributed by atoms with Crippen molar-refractivity contribution in [1.29, 1.82) is 0 Å². The average molecular weight is 279 g/mol. The highest BCUT2D eigenvalue weighted by Crippen LogP contribution is 2.09. The molecule has 1 aromatic carbocycles. The van der Waals surface area contributed by atoms with Crippen LogP contribution in [0.15, 0.2) is 36.9 Å². The maximum Gasteiger partial charge on any atom is 0.244 e. The van der Waals surface area contributed by atoms with Gasteiger partial charge in [-0.25, -0.2) is 9.67 Å². The topological polar surface area (TPSA) is 59.8 Å². The van der Waals surface area contributed by atoms with Gasteiger partial charge in [0.05, 0.1) is 0 Å². The van der Waals surface area contributed by atoms with Crippen LogP contribution < -0.4 is 5.32 Å². The van der Waals surface area contributed by atoms with Crippen LogP contribution in [0.4, 0.5) is 0 Å². The zero-order valence-electron chi connectivity index (χ0n) is 10.6. The Bertz CT molecular complexity index is 524. The summed E-state index contributed by atoms with van der Waals surface area (Å²) < 4.78 is 1.53. The molecule has 1 atom stereocenters. The Hall–Kier alpha value is -1.88. The van der Waals surface area contributed by atoms with Gasteiger partial charge in [0.25, 0.3) is 0 Å². The van der Waals surface area contributed by atoms with Crippen molar-refractivity contribution in [3.05, 3.63) is 47.5 Å². The molecule has 2 rings (SSSR count). The van der Waals surface area contributed by atoms with Crippen molar-refractivity contribution in [3.8, 4) is 0 Å². The van der Waals surface area contributed by atoms with Crippen molar-refractivity contribution >= 4 is 17.5 Å². The molecule has 0 fully saturated rings. The fourth-order valence-electron chi connectivity index (χ4n) is 1.67. The number of carbonyl (C=O) groups excluding carboxylic acids is 1. The summed E-state index contributed by atoms with van der Waals surface area (Å²) in [6, 6.07) is 7.24. The van der Waals surface area contributed by atoms with Gasteiger partial charge in [0.15, 0.2) is 0 Å². The summed E-state index contributed by atoms with van der Waals surface area (Å²) in [6.45, 7) is 2.37. The van der Waals surface area contributed by atoms with Gasteiger partial charge in [-0.2, -0.15) is 5.10 Å². The first-order chi connectivity index (χ1) is 9.16. The minimum absolute atomic E-state index is 0.0699. The maximum atomic E-state index is 11.9. The molecule has 0 spiro atoms. The summed E-state index contributed by atoms with van der Waals surface area (Å²) in [6.07, 6.45) is 3.72. The van der Waals surface area contributed by atoms with Crippen LogP contribution in [0, 0.1) is 0 Å². The van der Waals surface area contributed by atoms with Crippen LogP contribution in [0.3, 0.4) is 0 Å². The van der Waals surface area contributed by atoms with Crippen LogP contribution in [-0.2, 0) is 11.2 Å². The SMILES string of the molecule is C[C@H](C(=O)NCCc1ccc(Cl)cc1)n1cncn1. The summed E-state index contributed by atoms with van der Waals surface area (Å²) in [5.74, 6) is -0.0699. The van der Waals surface area contributed by atoms with Crippen LogP contribution in [-0.4, -0.2) is 27.2 Å². The Morgan fingerprint density at radius 3 is 2.79 bits per heavy atom. The monoisotopic (exact) mass is 278 g/mol. The summed E-state index contributed by atoms with van der Waals surface area (Å²) >= 11 is 5.81. The number of hydrogen-bond acceptors (Lipinski definition) is 3. The van der Waals surface area contributed by atoms with E-state index in [1.165, 1.54) is 17.3 Å². The molecule has 1 aromatic heterocycles. The first kappa shape index (κ1) is 13.5. The third-order valence-corrected chi connectivity index (χ3v) is 3.09. The smallest absolute Gasteiger partial charge is 0.244 e. The Labute approximate surface area is 116 Å². The summed E-state index contributed by atoms with van der Waals surface area (Å²) in [5, 5.41) is 7.53. The van der Waals surface area contributed by atoms with Crippen LogP contribution in [0.25, 0.3) is 0 Å². The van der Waals surface area contributed by atoms with Gasteiger partial charge in [-0.15, -0.1) is 0 Å². The fraction of sp³-hybridized carbons (Fsp3) is 0.308. The molecule has 0 unspecified atom stereocenters. The van der Waals surface area contributed by atoms with E-state index >= 15 is 0 Å². The van der Waals surface area contributed by atoms with Gasteiger partial charge in [-0.3, -0.25) is 4.79 Å². The van der Waals surface area contributed by atoms with E-state index in [1.54, 1.807) is 6.92 Å². The molecule has 6 heteroatoms. The normalized spacial score (nSPS) is 12.1. The molecule has 0 saturated carbocycles. The summed E-state index contributed by atoms with van der Waals surface area (Å²) in [4.78, 5) is 15.7. The van der Waals surface area contributed by atoms with Crippen LogP contribution >= 0.6 is 11.6 Å². The molecule has 0 aliphatic heterocycles. The van der Waals surface area contributed by atoms with Gasteiger partial charge in [-0.1, -0.05) is 23.7 Å². The third kappa shape index (κ3) is 3.79.